The number of hydrogen-bond donors (Lipinski definition) is 1. The first-order chi connectivity index (χ1) is 20.6. The molecule has 1 N–H and O–H groups in total. The minimum atomic E-state index is -0.768. The first-order valence-electron chi connectivity index (χ1n) is 17.9. The van der Waals surface area contributed by atoms with E-state index in [-0.39, 0.29) is 25.2 Å². The van der Waals surface area contributed by atoms with Crippen LogP contribution in [0.1, 0.15) is 181 Å². The maximum absolute atomic E-state index is 12.1. The number of rotatable bonds is 32. The fourth-order valence-corrected chi connectivity index (χ4v) is 4.99. The fraction of sp³-hybridized carbons (Fsp3) is 0.838. The van der Waals surface area contributed by atoms with Crippen LogP contribution in [-0.2, 0) is 19.1 Å². The van der Waals surface area contributed by atoms with Crippen LogP contribution in [0.3, 0.4) is 0 Å². The van der Waals surface area contributed by atoms with Crippen molar-refractivity contribution in [3.63, 3.8) is 0 Å². The average Bonchev–Trinajstić information content (AvgIpc) is 2.99. The van der Waals surface area contributed by atoms with E-state index in [4.69, 9.17) is 9.47 Å². The van der Waals surface area contributed by atoms with Crippen molar-refractivity contribution in [2.24, 2.45) is 0 Å². The van der Waals surface area contributed by atoms with E-state index in [2.05, 4.69) is 38.2 Å². The Labute approximate surface area is 260 Å². The molecule has 0 aromatic carbocycles. The maximum atomic E-state index is 12.1. The number of aliphatic hydroxyl groups excluding tert-OH is 1. The fourth-order valence-electron chi connectivity index (χ4n) is 4.99. The van der Waals surface area contributed by atoms with Gasteiger partial charge < -0.3 is 14.6 Å². The predicted molar refractivity (Wildman–Crippen MR) is 178 cm³/mol. The van der Waals surface area contributed by atoms with E-state index >= 15 is 0 Å². The lowest BCUT2D eigenvalue weighted by Crippen LogP contribution is -2.28. The van der Waals surface area contributed by atoms with Crippen molar-refractivity contribution in [3.8, 4) is 0 Å². The van der Waals surface area contributed by atoms with E-state index < -0.39 is 6.10 Å². The van der Waals surface area contributed by atoms with Crippen LogP contribution in [0.5, 0.6) is 0 Å². The molecule has 42 heavy (non-hydrogen) atoms. The van der Waals surface area contributed by atoms with Crippen molar-refractivity contribution in [1.29, 1.82) is 0 Å². The summed E-state index contributed by atoms with van der Waals surface area (Å²) >= 11 is 0. The van der Waals surface area contributed by atoms with Crippen molar-refractivity contribution in [2.45, 2.75) is 187 Å². The van der Waals surface area contributed by atoms with Crippen LogP contribution in [0.15, 0.2) is 24.3 Å². The molecular formula is C37H68O5. The standard InChI is InChI=1S/C37H68O5/c1-3-5-7-9-11-13-15-16-17-18-19-20-22-23-25-27-29-31-36(39)41-34-35(33-38)42-37(40)32-30-28-26-24-21-14-12-10-8-6-4-2/h11,13,16-17,35,38H,3-10,12,14-15,18-34H2,1-2H3/b13-11+,17-16+/t35-/m0/s1. The second-order valence-corrected chi connectivity index (χ2v) is 12.0. The maximum Gasteiger partial charge on any atom is 0.306 e. The Bertz CT molecular complexity index is 642. The third-order valence-corrected chi connectivity index (χ3v) is 7.75. The van der Waals surface area contributed by atoms with Crippen LogP contribution >= 0.6 is 0 Å². The summed E-state index contributed by atoms with van der Waals surface area (Å²) in [4.78, 5) is 24.1. The zero-order valence-electron chi connectivity index (χ0n) is 27.8. The zero-order valence-corrected chi connectivity index (χ0v) is 27.8. The van der Waals surface area contributed by atoms with Gasteiger partial charge in [-0.1, -0.05) is 147 Å². The molecule has 0 fully saturated rings. The molecule has 0 bridgehead atoms. The van der Waals surface area contributed by atoms with Gasteiger partial charge in [0.15, 0.2) is 6.10 Å². The van der Waals surface area contributed by atoms with Crippen LogP contribution in [-0.4, -0.2) is 36.4 Å². The van der Waals surface area contributed by atoms with Gasteiger partial charge in [-0.05, 0) is 44.9 Å². The Balaban J connectivity index is 3.57. The Morgan fingerprint density at radius 2 is 0.952 bits per heavy atom. The van der Waals surface area contributed by atoms with E-state index in [1.54, 1.807) is 0 Å². The van der Waals surface area contributed by atoms with Crippen molar-refractivity contribution >= 4 is 11.9 Å². The topological polar surface area (TPSA) is 72.8 Å². The SMILES string of the molecule is CCCCC/C=C/C/C=C/CCCCCCCCCC(=O)OC[C@H](CO)OC(=O)CCCCCCCCCCCCC. The lowest BCUT2D eigenvalue weighted by atomic mass is 10.1. The van der Waals surface area contributed by atoms with E-state index in [9.17, 15) is 14.7 Å². The summed E-state index contributed by atoms with van der Waals surface area (Å²) in [6, 6.07) is 0. The molecule has 0 radical (unpaired) electrons. The summed E-state index contributed by atoms with van der Waals surface area (Å²) in [6.45, 7) is 4.09. The summed E-state index contributed by atoms with van der Waals surface area (Å²) in [5.74, 6) is -0.597. The largest absolute Gasteiger partial charge is 0.462 e. The Hall–Kier alpha value is -1.62. The molecule has 0 aliphatic carbocycles. The summed E-state index contributed by atoms with van der Waals surface area (Å²) in [7, 11) is 0. The van der Waals surface area contributed by atoms with Gasteiger partial charge in [0.05, 0.1) is 6.61 Å². The smallest absolute Gasteiger partial charge is 0.306 e. The molecule has 5 heteroatoms. The number of carbonyl (C=O) groups is 2. The second-order valence-electron chi connectivity index (χ2n) is 12.0. The quantitative estimate of drug-likeness (QED) is 0.0478. The van der Waals surface area contributed by atoms with Gasteiger partial charge in [-0.3, -0.25) is 9.59 Å². The molecule has 0 rings (SSSR count). The summed E-state index contributed by atoms with van der Waals surface area (Å²) in [6.07, 6.45) is 38.0. The summed E-state index contributed by atoms with van der Waals surface area (Å²) < 4.78 is 10.6. The molecule has 0 aliphatic heterocycles. The van der Waals surface area contributed by atoms with Crippen LogP contribution in [0.4, 0.5) is 0 Å². The molecule has 0 heterocycles. The molecule has 246 valence electrons. The number of allylic oxidation sites excluding steroid dienone is 4. The zero-order chi connectivity index (χ0) is 30.8. The highest BCUT2D eigenvalue weighted by molar-refractivity contribution is 5.70. The molecule has 1 atom stereocenters. The normalized spacial score (nSPS) is 12.4. The van der Waals surface area contributed by atoms with E-state index in [1.165, 1.54) is 109 Å². The van der Waals surface area contributed by atoms with Crippen molar-refractivity contribution in [1.82, 2.24) is 0 Å². The van der Waals surface area contributed by atoms with Crippen molar-refractivity contribution in [2.75, 3.05) is 13.2 Å². The minimum absolute atomic E-state index is 0.0664. The Morgan fingerprint density at radius 1 is 0.548 bits per heavy atom. The van der Waals surface area contributed by atoms with Crippen LogP contribution in [0.25, 0.3) is 0 Å². The molecule has 0 saturated carbocycles. The Morgan fingerprint density at radius 3 is 1.45 bits per heavy atom. The molecule has 5 nitrogen and oxygen atoms in total. The van der Waals surface area contributed by atoms with Crippen LogP contribution in [0, 0.1) is 0 Å². The van der Waals surface area contributed by atoms with Gasteiger partial charge >= 0.3 is 11.9 Å². The third-order valence-electron chi connectivity index (χ3n) is 7.75. The first kappa shape index (κ1) is 40.4. The first-order valence-corrected chi connectivity index (χ1v) is 17.9. The van der Waals surface area contributed by atoms with Crippen LogP contribution < -0.4 is 0 Å². The van der Waals surface area contributed by atoms with Gasteiger partial charge in [-0.2, -0.15) is 0 Å². The van der Waals surface area contributed by atoms with Crippen molar-refractivity contribution < 1.29 is 24.2 Å². The third kappa shape index (κ3) is 31.3. The molecule has 0 spiro atoms. The molecular weight excluding hydrogens is 524 g/mol. The summed E-state index contributed by atoms with van der Waals surface area (Å²) in [5, 5.41) is 9.51. The number of ether oxygens (including phenoxy) is 2. The number of aliphatic hydroxyl groups is 1. The number of carbonyl (C=O) groups excluding carboxylic acids is 2. The van der Waals surface area contributed by atoms with Gasteiger partial charge in [0.25, 0.3) is 0 Å². The average molecular weight is 593 g/mol. The number of esters is 2. The predicted octanol–water partition coefficient (Wildman–Crippen LogP) is 10.7. The number of unbranched alkanes of at least 4 members (excludes halogenated alkanes) is 20. The van der Waals surface area contributed by atoms with Gasteiger partial charge in [0.1, 0.15) is 6.61 Å². The van der Waals surface area contributed by atoms with Gasteiger partial charge in [-0.15, -0.1) is 0 Å². The molecule has 0 saturated heterocycles. The lowest BCUT2D eigenvalue weighted by Gasteiger charge is -2.15. The van der Waals surface area contributed by atoms with Gasteiger partial charge in [0.2, 0.25) is 0 Å². The van der Waals surface area contributed by atoms with Crippen LogP contribution in [0.2, 0.25) is 0 Å². The highest BCUT2D eigenvalue weighted by Crippen LogP contribution is 2.13. The highest BCUT2D eigenvalue weighted by Gasteiger charge is 2.16. The van der Waals surface area contributed by atoms with Crippen molar-refractivity contribution in [3.05, 3.63) is 24.3 Å². The Kier molecular flexibility index (Phi) is 32.6. The molecule has 0 amide bonds. The van der Waals surface area contributed by atoms with E-state index in [0.717, 1.165) is 44.9 Å². The summed E-state index contributed by atoms with van der Waals surface area (Å²) in [5.41, 5.74) is 0. The number of hydrogen-bond acceptors (Lipinski definition) is 5. The molecule has 0 aromatic heterocycles. The second kappa shape index (κ2) is 33.9. The molecule has 0 aliphatic rings. The van der Waals surface area contributed by atoms with Gasteiger partial charge in [-0.25, -0.2) is 0 Å². The van der Waals surface area contributed by atoms with E-state index in [1.807, 2.05) is 0 Å². The van der Waals surface area contributed by atoms with E-state index in [0.29, 0.717) is 12.8 Å². The van der Waals surface area contributed by atoms with Gasteiger partial charge in [0, 0.05) is 12.8 Å². The molecule has 0 unspecified atom stereocenters. The minimum Gasteiger partial charge on any atom is -0.462 e. The highest BCUT2D eigenvalue weighted by atomic mass is 16.6. The lowest BCUT2D eigenvalue weighted by molar-refractivity contribution is -0.161. The monoisotopic (exact) mass is 593 g/mol. The molecule has 0 aromatic rings.